The number of nitrogens with two attached hydrogens (primary N) is 1. The number of carbonyl (C=O) groups is 2. The van der Waals surface area contributed by atoms with Crippen LogP contribution in [0, 0.1) is 0 Å². The molecule has 32 heavy (non-hydrogen) atoms. The van der Waals surface area contributed by atoms with Crippen LogP contribution in [0.3, 0.4) is 0 Å². The number of aromatic nitrogens is 1. The quantitative estimate of drug-likeness (QED) is 0.322. The number of hydrogen-bond acceptors (Lipinski definition) is 6. The largest absolute Gasteiger partial charge is 0.380 e. The van der Waals surface area contributed by atoms with E-state index < -0.39 is 5.91 Å². The molecule has 2 aromatic heterocycles. The number of anilines is 3. The molecule has 8 heteroatoms. The molecule has 0 aliphatic carbocycles. The van der Waals surface area contributed by atoms with E-state index in [1.807, 2.05) is 30.3 Å². The van der Waals surface area contributed by atoms with Gasteiger partial charge in [-0.3, -0.25) is 9.59 Å². The van der Waals surface area contributed by atoms with Crippen LogP contribution >= 0.6 is 11.3 Å². The summed E-state index contributed by atoms with van der Waals surface area (Å²) in [5.41, 5.74) is 9.49. The summed E-state index contributed by atoms with van der Waals surface area (Å²) in [5.74, 6) is -0.0223. The summed E-state index contributed by atoms with van der Waals surface area (Å²) in [7, 11) is 0. The van der Waals surface area contributed by atoms with Crippen LogP contribution in [0.1, 0.15) is 28.4 Å². The van der Waals surface area contributed by atoms with Crippen molar-refractivity contribution in [3.63, 3.8) is 0 Å². The van der Waals surface area contributed by atoms with E-state index in [1.54, 1.807) is 17.4 Å². The van der Waals surface area contributed by atoms with Crippen molar-refractivity contribution in [3.8, 4) is 0 Å². The Bertz CT molecular complexity index is 1270. The molecule has 0 bridgehead atoms. The predicted molar refractivity (Wildman–Crippen MR) is 129 cm³/mol. The summed E-state index contributed by atoms with van der Waals surface area (Å²) in [6, 6.07) is 17.7. The Morgan fingerprint density at radius 1 is 1.06 bits per heavy atom. The highest BCUT2D eigenvalue weighted by atomic mass is 32.1. The van der Waals surface area contributed by atoms with Gasteiger partial charge in [0.2, 0.25) is 5.91 Å². The molecule has 0 unspecified atom stereocenters. The smallest absolute Gasteiger partial charge is 0.252 e. The minimum atomic E-state index is -0.539. The first-order valence-corrected chi connectivity index (χ1v) is 11.0. The zero-order valence-electron chi connectivity index (χ0n) is 17.5. The average molecular weight is 446 g/mol. The first-order valence-electron chi connectivity index (χ1n) is 10.1. The van der Waals surface area contributed by atoms with Gasteiger partial charge in [-0.05, 0) is 40.1 Å². The fourth-order valence-corrected chi connectivity index (χ4v) is 4.25. The van der Waals surface area contributed by atoms with Crippen LogP contribution in [-0.4, -0.2) is 16.8 Å². The molecular weight excluding hydrogens is 422 g/mol. The molecule has 162 valence electrons. The Labute approximate surface area is 189 Å². The van der Waals surface area contributed by atoms with Crippen LogP contribution in [0.4, 0.5) is 17.2 Å². The van der Waals surface area contributed by atoms with Gasteiger partial charge in [-0.25, -0.2) is 4.98 Å². The van der Waals surface area contributed by atoms with Crippen LogP contribution < -0.4 is 21.7 Å². The van der Waals surface area contributed by atoms with Gasteiger partial charge in [0.25, 0.3) is 5.91 Å². The van der Waals surface area contributed by atoms with Gasteiger partial charge < -0.3 is 21.7 Å². The topological polar surface area (TPSA) is 109 Å². The van der Waals surface area contributed by atoms with Crippen molar-refractivity contribution >= 4 is 50.4 Å². The molecule has 0 radical (unpaired) electrons. The van der Waals surface area contributed by atoms with Crippen molar-refractivity contribution in [2.45, 2.75) is 20.0 Å². The lowest BCUT2D eigenvalue weighted by molar-refractivity contribution is -0.119. The van der Waals surface area contributed by atoms with Gasteiger partial charge in [-0.15, -0.1) is 11.3 Å². The van der Waals surface area contributed by atoms with Crippen molar-refractivity contribution in [3.05, 3.63) is 82.9 Å². The number of fused-ring (bicyclic) bond motifs is 1. The molecular formula is C24H23N5O2S. The molecule has 0 fully saturated rings. The molecule has 0 spiro atoms. The molecule has 0 saturated heterocycles. The molecule has 2 heterocycles. The Kier molecular flexibility index (Phi) is 6.32. The number of benzene rings is 2. The summed E-state index contributed by atoms with van der Waals surface area (Å²) in [5, 5.41) is 12.6. The van der Waals surface area contributed by atoms with E-state index in [9.17, 15) is 9.59 Å². The Hall–Kier alpha value is -3.91. The summed E-state index contributed by atoms with van der Waals surface area (Å²) in [6.07, 6.45) is 1.48. The van der Waals surface area contributed by atoms with Gasteiger partial charge in [0.05, 0.1) is 11.3 Å². The Morgan fingerprint density at radius 2 is 1.88 bits per heavy atom. The zero-order chi connectivity index (χ0) is 22.5. The number of nitrogens with zero attached hydrogens (tertiary/aromatic N) is 1. The third-order valence-corrected chi connectivity index (χ3v) is 5.97. The summed E-state index contributed by atoms with van der Waals surface area (Å²) >= 11 is 1.69. The second kappa shape index (κ2) is 9.49. The number of primary amides is 1. The van der Waals surface area contributed by atoms with Gasteiger partial charge in [0, 0.05) is 42.7 Å². The van der Waals surface area contributed by atoms with Crippen LogP contribution in [0.15, 0.2) is 66.2 Å². The lowest BCUT2D eigenvalue weighted by Gasteiger charge is -2.13. The molecule has 5 N–H and O–H groups in total. The number of carbonyl (C=O) groups excluding carboxylic acids is 2. The third kappa shape index (κ3) is 5.04. The standard InChI is InChI=1S/C24H23N5O2S/c1-15(30)26-12-16-5-7-19(8-6-16)29-22-11-21(20(14-28-22)24(25)31)27-13-18-4-2-3-17-9-10-32-23(17)18/h2-11,14H,12-13H2,1H3,(H2,25,31)(H,26,30)(H2,27,28,29). The van der Waals surface area contributed by atoms with E-state index in [-0.39, 0.29) is 5.91 Å². The van der Waals surface area contributed by atoms with E-state index in [0.29, 0.717) is 30.2 Å². The molecule has 7 nitrogen and oxygen atoms in total. The van der Waals surface area contributed by atoms with Crippen LogP contribution in [0.25, 0.3) is 10.1 Å². The van der Waals surface area contributed by atoms with E-state index >= 15 is 0 Å². The van der Waals surface area contributed by atoms with Gasteiger partial charge >= 0.3 is 0 Å². The molecule has 0 aliphatic rings. The number of nitrogens with one attached hydrogen (secondary N) is 3. The van der Waals surface area contributed by atoms with Crippen molar-refractivity contribution in [1.29, 1.82) is 0 Å². The maximum Gasteiger partial charge on any atom is 0.252 e. The summed E-state index contributed by atoms with van der Waals surface area (Å²) in [4.78, 5) is 27.3. The summed E-state index contributed by atoms with van der Waals surface area (Å²) < 4.78 is 1.22. The molecule has 4 aromatic rings. The monoisotopic (exact) mass is 445 g/mol. The first-order chi connectivity index (χ1) is 15.5. The van der Waals surface area contributed by atoms with E-state index in [2.05, 4.69) is 44.5 Å². The number of hydrogen-bond donors (Lipinski definition) is 4. The molecule has 2 aromatic carbocycles. The minimum absolute atomic E-state index is 0.0683. The maximum atomic E-state index is 11.9. The second-order valence-corrected chi connectivity index (χ2v) is 8.24. The van der Waals surface area contributed by atoms with E-state index in [4.69, 9.17) is 5.73 Å². The van der Waals surface area contributed by atoms with Crippen molar-refractivity contribution < 1.29 is 9.59 Å². The molecule has 0 atom stereocenters. The molecule has 4 rings (SSSR count). The number of amides is 2. The third-order valence-electron chi connectivity index (χ3n) is 4.97. The molecule has 0 saturated carbocycles. The van der Waals surface area contributed by atoms with Crippen LogP contribution in [0.5, 0.6) is 0 Å². The first kappa shape index (κ1) is 21.3. The van der Waals surface area contributed by atoms with Crippen LogP contribution in [0.2, 0.25) is 0 Å². The number of pyridine rings is 1. The molecule has 0 aliphatic heterocycles. The van der Waals surface area contributed by atoms with Crippen LogP contribution in [-0.2, 0) is 17.9 Å². The number of thiophene rings is 1. The Morgan fingerprint density at radius 3 is 2.62 bits per heavy atom. The van der Waals surface area contributed by atoms with Crippen molar-refractivity contribution in [1.82, 2.24) is 10.3 Å². The normalized spacial score (nSPS) is 10.7. The van der Waals surface area contributed by atoms with Crippen molar-refractivity contribution in [2.24, 2.45) is 5.73 Å². The fraction of sp³-hybridized carbons (Fsp3) is 0.125. The van der Waals surface area contributed by atoms with Crippen molar-refractivity contribution in [2.75, 3.05) is 10.6 Å². The lowest BCUT2D eigenvalue weighted by atomic mass is 10.1. The summed E-state index contributed by atoms with van der Waals surface area (Å²) in [6.45, 7) is 2.52. The maximum absolute atomic E-state index is 11.9. The predicted octanol–water partition coefficient (Wildman–Crippen LogP) is 4.39. The lowest BCUT2D eigenvalue weighted by Crippen LogP contribution is -2.18. The highest BCUT2D eigenvalue weighted by Crippen LogP contribution is 2.27. The molecule has 2 amide bonds. The van der Waals surface area contributed by atoms with Gasteiger partial charge in [-0.2, -0.15) is 0 Å². The zero-order valence-corrected chi connectivity index (χ0v) is 18.3. The van der Waals surface area contributed by atoms with Gasteiger partial charge in [-0.1, -0.05) is 30.3 Å². The number of rotatable bonds is 8. The SMILES string of the molecule is CC(=O)NCc1ccc(Nc2cc(NCc3cccc4ccsc34)c(C(N)=O)cn2)cc1. The fourth-order valence-electron chi connectivity index (χ4n) is 3.33. The second-order valence-electron chi connectivity index (χ2n) is 7.32. The van der Waals surface area contributed by atoms with E-state index in [0.717, 1.165) is 16.8 Å². The average Bonchev–Trinajstić information content (AvgIpc) is 3.26. The van der Waals surface area contributed by atoms with Gasteiger partial charge in [0.15, 0.2) is 0 Å². The van der Waals surface area contributed by atoms with Gasteiger partial charge in [0.1, 0.15) is 5.82 Å². The minimum Gasteiger partial charge on any atom is -0.380 e. The Balaban J connectivity index is 1.51. The van der Waals surface area contributed by atoms with E-state index in [1.165, 1.54) is 23.2 Å². The highest BCUT2D eigenvalue weighted by Gasteiger charge is 2.12. The highest BCUT2D eigenvalue weighted by molar-refractivity contribution is 7.17.